The quantitative estimate of drug-likeness (QED) is 0.558. The Hall–Kier alpha value is -0.110. The molecule has 0 spiro atoms. The molecule has 0 aliphatic rings. The van der Waals surface area contributed by atoms with Gasteiger partial charge in [-0.15, -0.1) is 4.48 Å². The highest BCUT2D eigenvalue weighted by molar-refractivity contribution is 4.51. The van der Waals surface area contributed by atoms with Crippen molar-refractivity contribution in [3.05, 3.63) is 0 Å². The average molecular weight is 119 g/mol. The number of hydrogen-bond acceptors (Lipinski definition) is 1. The van der Waals surface area contributed by atoms with Gasteiger partial charge in [-0.3, -0.25) is 0 Å². The van der Waals surface area contributed by atoms with Gasteiger partial charge in [-0.05, 0) is 13.3 Å². The summed E-state index contributed by atoms with van der Waals surface area (Å²) in [6, 6.07) is 0.0370. The van der Waals surface area contributed by atoms with Crippen LogP contribution >= 0.6 is 0 Å². The average Bonchev–Trinajstić information content (AvgIpc) is 1.83. The number of rotatable bonds is 4. The maximum Gasteiger partial charge on any atom is 0.0343 e. The maximum atomic E-state index is 11.5. The number of unbranched alkanes of at least 4 members (excludes halogenated alkanes) is 1. The minimum Gasteiger partial charge on any atom is -0.157 e. The lowest BCUT2D eigenvalue weighted by Gasteiger charge is -2.03. The molecule has 8 heavy (non-hydrogen) atoms. The molecule has 1 nitrogen and oxygen atoms in total. The van der Waals surface area contributed by atoms with Crippen LogP contribution in [0.3, 0.4) is 0 Å². The zero-order valence-electron chi connectivity index (χ0n) is 5.58. The molecule has 0 aromatic heterocycles. The lowest BCUT2D eigenvalue weighted by molar-refractivity contribution is 0.269. The third-order valence-corrected chi connectivity index (χ3v) is 1.18. The van der Waals surface area contributed by atoms with Crippen LogP contribution in [0.25, 0.3) is 0 Å². The van der Waals surface area contributed by atoms with Crippen LogP contribution in [0.2, 0.25) is 0 Å². The standard InChI is InChI=1S/C6H14FN/c1-3-4-5-6(2)8-7/h6,8H,3-5H2,1-2H3/t6-/m0/s1. The fraction of sp³-hybridized carbons (Fsp3) is 1.00. The Balaban J connectivity index is 2.86. The largest absolute Gasteiger partial charge is 0.157 e. The fourth-order valence-electron chi connectivity index (χ4n) is 0.565. The van der Waals surface area contributed by atoms with Gasteiger partial charge in [-0.1, -0.05) is 19.8 Å². The van der Waals surface area contributed by atoms with Gasteiger partial charge in [0.15, 0.2) is 0 Å². The normalized spacial score (nSPS) is 13.9. The summed E-state index contributed by atoms with van der Waals surface area (Å²) >= 11 is 0. The third kappa shape index (κ3) is 4.06. The third-order valence-electron chi connectivity index (χ3n) is 1.18. The Labute approximate surface area is 50.2 Å². The highest BCUT2D eigenvalue weighted by Gasteiger charge is 1.96. The first-order valence-electron chi connectivity index (χ1n) is 3.17. The first kappa shape index (κ1) is 7.89. The van der Waals surface area contributed by atoms with Crippen molar-refractivity contribution in [1.82, 2.24) is 5.54 Å². The molecule has 0 saturated carbocycles. The smallest absolute Gasteiger partial charge is 0.0343 e. The van der Waals surface area contributed by atoms with E-state index in [1.807, 2.05) is 6.92 Å². The van der Waals surface area contributed by atoms with Crippen molar-refractivity contribution in [3.63, 3.8) is 0 Å². The first-order valence-corrected chi connectivity index (χ1v) is 3.17. The molecule has 1 atom stereocenters. The van der Waals surface area contributed by atoms with Crippen molar-refractivity contribution in [1.29, 1.82) is 0 Å². The Morgan fingerprint density at radius 1 is 1.62 bits per heavy atom. The van der Waals surface area contributed by atoms with Crippen molar-refractivity contribution >= 4 is 0 Å². The van der Waals surface area contributed by atoms with E-state index in [1.54, 1.807) is 5.54 Å². The van der Waals surface area contributed by atoms with Crippen LogP contribution in [-0.4, -0.2) is 6.04 Å². The molecule has 0 rings (SSSR count). The number of nitrogens with one attached hydrogen (secondary N) is 1. The molecule has 0 aromatic carbocycles. The molecule has 0 aliphatic heterocycles. The highest BCUT2D eigenvalue weighted by Crippen LogP contribution is 1.98. The van der Waals surface area contributed by atoms with Gasteiger partial charge in [-0.2, -0.15) is 5.54 Å². The van der Waals surface area contributed by atoms with Gasteiger partial charge in [-0.25, -0.2) is 0 Å². The van der Waals surface area contributed by atoms with Crippen molar-refractivity contribution in [2.24, 2.45) is 0 Å². The van der Waals surface area contributed by atoms with Crippen LogP contribution < -0.4 is 5.54 Å². The molecule has 0 saturated heterocycles. The summed E-state index contributed by atoms with van der Waals surface area (Å²) < 4.78 is 11.5. The SMILES string of the molecule is CCCC[C@H](C)NF. The van der Waals surface area contributed by atoms with E-state index in [-0.39, 0.29) is 6.04 Å². The van der Waals surface area contributed by atoms with Crippen molar-refractivity contribution in [2.75, 3.05) is 0 Å². The molecule has 0 bridgehead atoms. The van der Waals surface area contributed by atoms with Crippen LogP contribution in [0.5, 0.6) is 0 Å². The van der Waals surface area contributed by atoms with Gasteiger partial charge >= 0.3 is 0 Å². The molecule has 2 heteroatoms. The second-order valence-electron chi connectivity index (χ2n) is 2.15. The van der Waals surface area contributed by atoms with E-state index in [4.69, 9.17) is 0 Å². The Morgan fingerprint density at radius 3 is 2.62 bits per heavy atom. The minimum atomic E-state index is 0.0370. The molecule has 0 aliphatic carbocycles. The van der Waals surface area contributed by atoms with Gasteiger partial charge in [0.25, 0.3) is 0 Å². The van der Waals surface area contributed by atoms with E-state index >= 15 is 0 Å². The van der Waals surface area contributed by atoms with Gasteiger partial charge < -0.3 is 0 Å². The second kappa shape index (κ2) is 5.04. The molecule has 0 aromatic rings. The maximum absolute atomic E-state index is 11.5. The molecule has 0 radical (unpaired) electrons. The zero-order chi connectivity index (χ0) is 6.41. The van der Waals surface area contributed by atoms with Gasteiger partial charge in [0.2, 0.25) is 0 Å². The summed E-state index contributed by atoms with van der Waals surface area (Å²) in [5.41, 5.74) is 1.70. The summed E-state index contributed by atoms with van der Waals surface area (Å²) in [6.07, 6.45) is 3.19. The van der Waals surface area contributed by atoms with Crippen molar-refractivity contribution in [3.8, 4) is 0 Å². The predicted molar refractivity (Wildman–Crippen MR) is 33.2 cm³/mol. The predicted octanol–water partition coefficient (Wildman–Crippen LogP) is 2.04. The van der Waals surface area contributed by atoms with Crippen LogP contribution in [0, 0.1) is 0 Å². The summed E-state index contributed by atoms with van der Waals surface area (Å²) in [7, 11) is 0. The molecular weight excluding hydrogens is 105 g/mol. The lowest BCUT2D eigenvalue weighted by atomic mass is 10.2. The Kier molecular flexibility index (Phi) is 4.97. The van der Waals surface area contributed by atoms with Gasteiger partial charge in [0.05, 0.1) is 0 Å². The van der Waals surface area contributed by atoms with Gasteiger partial charge in [0.1, 0.15) is 0 Å². The zero-order valence-corrected chi connectivity index (χ0v) is 5.58. The second-order valence-corrected chi connectivity index (χ2v) is 2.15. The number of hydrogen-bond donors (Lipinski definition) is 1. The molecule has 0 amide bonds. The van der Waals surface area contributed by atoms with E-state index in [9.17, 15) is 4.48 Å². The minimum absolute atomic E-state index is 0.0370. The fourth-order valence-corrected chi connectivity index (χ4v) is 0.565. The van der Waals surface area contributed by atoms with Gasteiger partial charge in [0, 0.05) is 6.04 Å². The molecule has 0 fully saturated rings. The van der Waals surface area contributed by atoms with Crippen LogP contribution in [-0.2, 0) is 0 Å². The van der Waals surface area contributed by atoms with Crippen LogP contribution in [0.15, 0.2) is 0 Å². The van der Waals surface area contributed by atoms with Crippen molar-refractivity contribution in [2.45, 2.75) is 39.2 Å². The van der Waals surface area contributed by atoms with E-state index in [2.05, 4.69) is 6.92 Å². The lowest BCUT2D eigenvalue weighted by Crippen LogP contribution is -2.16. The molecule has 1 N–H and O–H groups in total. The van der Waals surface area contributed by atoms with E-state index in [1.165, 1.54) is 0 Å². The molecule has 50 valence electrons. The summed E-state index contributed by atoms with van der Waals surface area (Å²) in [5.74, 6) is 0. The summed E-state index contributed by atoms with van der Waals surface area (Å²) in [4.78, 5) is 0. The van der Waals surface area contributed by atoms with Crippen molar-refractivity contribution < 1.29 is 4.48 Å². The summed E-state index contributed by atoms with van der Waals surface area (Å²) in [5, 5.41) is 0. The summed E-state index contributed by atoms with van der Waals surface area (Å²) in [6.45, 7) is 3.95. The van der Waals surface area contributed by atoms with Crippen LogP contribution in [0.4, 0.5) is 4.48 Å². The topological polar surface area (TPSA) is 12.0 Å². The monoisotopic (exact) mass is 119 g/mol. The Bertz CT molecular complexity index is 47.8. The number of halogens is 1. The molecular formula is C6H14FN. The molecule has 0 unspecified atom stereocenters. The van der Waals surface area contributed by atoms with E-state index in [0.717, 1.165) is 19.3 Å². The first-order chi connectivity index (χ1) is 3.81. The van der Waals surface area contributed by atoms with E-state index < -0.39 is 0 Å². The highest BCUT2D eigenvalue weighted by atomic mass is 19.2. The Morgan fingerprint density at radius 2 is 2.25 bits per heavy atom. The molecule has 0 heterocycles. The van der Waals surface area contributed by atoms with E-state index in [0.29, 0.717) is 0 Å². The van der Waals surface area contributed by atoms with Crippen LogP contribution in [0.1, 0.15) is 33.1 Å².